The molecular weight excluding hydrogens is 228 g/mol. The molecule has 0 aromatic carbocycles. The van der Waals surface area contributed by atoms with E-state index in [1.165, 1.54) is 12.8 Å². The molecule has 18 heavy (non-hydrogen) atoms. The summed E-state index contributed by atoms with van der Waals surface area (Å²) in [4.78, 5) is 13.7. The molecule has 0 radical (unpaired) electrons. The van der Waals surface area contributed by atoms with Gasteiger partial charge in [0.25, 0.3) is 0 Å². The first-order chi connectivity index (χ1) is 8.50. The van der Waals surface area contributed by atoms with E-state index < -0.39 is 0 Å². The molecule has 1 aliphatic rings. The van der Waals surface area contributed by atoms with Gasteiger partial charge in [-0.25, -0.2) is 4.79 Å². The van der Waals surface area contributed by atoms with Crippen LogP contribution in [0.4, 0.5) is 4.79 Å². The highest BCUT2D eigenvalue weighted by molar-refractivity contribution is 5.74. The number of carbonyl (C=O) groups is 1. The zero-order valence-electron chi connectivity index (χ0n) is 12.0. The Bertz CT molecular complexity index is 254. The van der Waals surface area contributed by atoms with Crippen molar-refractivity contribution in [2.24, 2.45) is 11.8 Å². The molecule has 1 fully saturated rings. The third-order valence-electron chi connectivity index (χ3n) is 3.68. The zero-order chi connectivity index (χ0) is 13.5. The average molecular weight is 256 g/mol. The number of hydrogen-bond acceptors (Lipinski definition) is 2. The fraction of sp³-hybridized carbons (Fsp3) is 0.929. The first-order valence-electron chi connectivity index (χ1n) is 7.21. The standard InChI is InChI=1S/C14H28N2O2/c1-11(2)6-4-5-8-15-14(18)16-9-7-13(10-16)12(3)17/h11-13,17H,4-10H2,1-3H3,(H,15,18)/t12-,13-/m0/s1. The van der Waals surface area contributed by atoms with Crippen molar-refractivity contribution in [2.45, 2.75) is 52.6 Å². The number of unbranched alkanes of at least 4 members (excludes halogenated alkanes) is 1. The summed E-state index contributed by atoms with van der Waals surface area (Å²) in [6, 6.07) is 0.0303. The van der Waals surface area contributed by atoms with Gasteiger partial charge in [0, 0.05) is 25.6 Å². The Morgan fingerprint density at radius 1 is 1.39 bits per heavy atom. The quantitative estimate of drug-likeness (QED) is 0.716. The SMILES string of the molecule is CC(C)CCCCNC(=O)N1CC[C@H]([C@H](C)O)C1. The van der Waals surface area contributed by atoms with Gasteiger partial charge in [-0.05, 0) is 25.7 Å². The number of urea groups is 1. The van der Waals surface area contributed by atoms with E-state index in [-0.39, 0.29) is 18.1 Å². The van der Waals surface area contributed by atoms with Crippen molar-refractivity contribution < 1.29 is 9.90 Å². The molecule has 0 aromatic heterocycles. The van der Waals surface area contributed by atoms with Gasteiger partial charge in [-0.1, -0.05) is 26.7 Å². The first kappa shape index (κ1) is 15.3. The summed E-state index contributed by atoms with van der Waals surface area (Å²) >= 11 is 0. The lowest BCUT2D eigenvalue weighted by Crippen LogP contribution is -2.39. The van der Waals surface area contributed by atoms with Gasteiger partial charge in [0.15, 0.2) is 0 Å². The van der Waals surface area contributed by atoms with Crippen LogP contribution in [0.3, 0.4) is 0 Å². The Hall–Kier alpha value is -0.770. The third-order valence-corrected chi connectivity index (χ3v) is 3.68. The minimum Gasteiger partial charge on any atom is -0.393 e. The smallest absolute Gasteiger partial charge is 0.317 e. The van der Waals surface area contributed by atoms with Gasteiger partial charge in [0.2, 0.25) is 0 Å². The number of nitrogens with zero attached hydrogens (tertiary/aromatic N) is 1. The predicted molar refractivity (Wildman–Crippen MR) is 73.4 cm³/mol. The maximum Gasteiger partial charge on any atom is 0.317 e. The molecule has 4 nitrogen and oxygen atoms in total. The molecular formula is C14H28N2O2. The lowest BCUT2D eigenvalue weighted by atomic mass is 10.0. The van der Waals surface area contributed by atoms with Crippen molar-refractivity contribution >= 4 is 6.03 Å². The highest BCUT2D eigenvalue weighted by Gasteiger charge is 2.28. The highest BCUT2D eigenvalue weighted by atomic mass is 16.3. The maximum absolute atomic E-state index is 11.8. The predicted octanol–water partition coefficient (Wildman–Crippen LogP) is 2.23. The second-order valence-corrected chi connectivity index (χ2v) is 5.86. The molecule has 106 valence electrons. The minimum absolute atomic E-state index is 0.0303. The largest absolute Gasteiger partial charge is 0.393 e. The molecule has 2 atom stereocenters. The molecule has 4 heteroatoms. The number of aliphatic hydroxyl groups excluding tert-OH is 1. The van der Waals surface area contributed by atoms with Crippen LogP contribution in [0.5, 0.6) is 0 Å². The third kappa shape index (κ3) is 5.25. The Labute approximate surface area is 111 Å². The van der Waals surface area contributed by atoms with Crippen LogP contribution < -0.4 is 5.32 Å². The van der Waals surface area contributed by atoms with E-state index in [2.05, 4.69) is 19.2 Å². The van der Waals surface area contributed by atoms with Crippen LogP contribution in [0.15, 0.2) is 0 Å². The summed E-state index contributed by atoms with van der Waals surface area (Å²) in [5.41, 5.74) is 0. The van der Waals surface area contributed by atoms with Crippen LogP contribution in [-0.4, -0.2) is 41.8 Å². The Balaban J connectivity index is 2.11. The molecule has 0 saturated carbocycles. The van der Waals surface area contributed by atoms with E-state index in [9.17, 15) is 9.90 Å². The van der Waals surface area contributed by atoms with Crippen molar-refractivity contribution in [1.82, 2.24) is 10.2 Å². The lowest BCUT2D eigenvalue weighted by molar-refractivity contribution is 0.129. The van der Waals surface area contributed by atoms with Crippen LogP contribution >= 0.6 is 0 Å². The minimum atomic E-state index is -0.311. The highest BCUT2D eigenvalue weighted by Crippen LogP contribution is 2.19. The summed E-state index contributed by atoms with van der Waals surface area (Å²) in [6.45, 7) is 8.47. The van der Waals surface area contributed by atoms with Gasteiger partial charge in [-0.15, -0.1) is 0 Å². The summed E-state index contributed by atoms with van der Waals surface area (Å²) in [6.07, 6.45) is 4.06. The van der Waals surface area contributed by atoms with E-state index in [0.29, 0.717) is 6.54 Å². The van der Waals surface area contributed by atoms with Crippen LogP contribution in [0.2, 0.25) is 0 Å². The van der Waals surface area contributed by atoms with Crippen molar-refractivity contribution in [3.8, 4) is 0 Å². The van der Waals surface area contributed by atoms with E-state index in [4.69, 9.17) is 0 Å². The first-order valence-corrected chi connectivity index (χ1v) is 7.21. The van der Waals surface area contributed by atoms with Crippen LogP contribution in [0.25, 0.3) is 0 Å². The lowest BCUT2D eigenvalue weighted by Gasteiger charge is -2.18. The summed E-state index contributed by atoms with van der Waals surface area (Å²) < 4.78 is 0. The van der Waals surface area contributed by atoms with Gasteiger partial charge in [0.05, 0.1) is 6.10 Å². The number of likely N-dealkylation sites (tertiary alicyclic amines) is 1. The molecule has 1 heterocycles. The fourth-order valence-electron chi connectivity index (χ4n) is 2.35. The van der Waals surface area contributed by atoms with E-state index in [0.717, 1.165) is 31.8 Å². The molecule has 1 rings (SSSR count). The van der Waals surface area contributed by atoms with E-state index >= 15 is 0 Å². The van der Waals surface area contributed by atoms with Gasteiger partial charge in [0.1, 0.15) is 0 Å². The van der Waals surface area contributed by atoms with Crippen molar-refractivity contribution in [3.05, 3.63) is 0 Å². The monoisotopic (exact) mass is 256 g/mol. The number of nitrogens with one attached hydrogen (secondary N) is 1. The Morgan fingerprint density at radius 2 is 2.11 bits per heavy atom. The number of amides is 2. The molecule has 2 N–H and O–H groups in total. The summed E-state index contributed by atoms with van der Waals surface area (Å²) in [7, 11) is 0. The second kappa shape index (κ2) is 7.62. The fourth-order valence-corrected chi connectivity index (χ4v) is 2.35. The molecule has 0 bridgehead atoms. The number of carbonyl (C=O) groups excluding carboxylic acids is 1. The zero-order valence-corrected chi connectivity index (χ0v) is 12.0. The molecule has 1 aliphatic heterocycles. The van der Waals surface area contributed by atoms with Gasteiger partial charge < -0.3 is 15.3 Å². The number of aliphatic hydroxyl groups is 1. The summed E-state index contributed by atoms with van der Waals surface area (Å²) in [5.74, 6) is 0.989. The second-order valence-electron chi connectivity index (χ2n) is 5.86. The van der Waals surface area contributed by atoms with Crippen molar-refractivity contribution in [2.75, 3.05) is 19.6 Å². The average Bonchev–Trinajstić information content (AvgIpc) is 2.77. The maximum atomic E-state index is 11.8. The van der Waals surface area contributed by atoms with Crippen molar-refractivity contribution in [1.29, 1.82) is 0 Å². The van der Waals surface area contributed by atoms with Crippen molar-refractivity contribution in [3.63, 3.8) is 0 Å². The van der Waals surface area contributed by atoms with Gasteiger partial charge in [-0.3, -0.25) is 0 Å². The Morgan fingerprint density at radius 3 is 2.67 bits per heavy atom. The number of rotatable bonds is 6. The normalized spacial score (nSPS) is 21.4. The number of hydrogen-bond donors (Lipinski definition) is 2. The molecule has 1 saturated heterocycles. The molecule has 2 amide bonds. The van der Waals surface area contributed by atoms with Gasteiger partial charge >= 0.3 is 6.03 Å². The Kier molecular flexibility index (Phi) is 6.47. The summed E-state index contributed by atoms with van der Waals surface area (Å²) in [5, 5.41) is 12.5. The van der Waals surface area contributed by atoms with Crippen LogP contribution in [0, 0.1) is 11.8 Å². The topological polar surface area (TPSA) is 52.6 Å². The molecule has 0 aromatic rings. The molecule has 0 aliphatic carbocycles. The van der Waals surface area contributed by atoms with Gasteiger partial charge in [-0.2, -0.15) is 0 Å². The molecule has 0 spiro atoms. The molecule has 0 unspecified atom stereocenters. The van der Waals surface area contributed by atoms with Crippen LogP contribution in [0.1, 0.15) is 46.5 Å². The van der Waals surface area contributed by atoms with Crippen LogP contribution in [-0.2, 0) is 0 Å². The van der Waals surface area contributed by atoms with E-state index in [1.807, 2.05) is 4.90 Å². The van der Waals surface area contributed by atoms with E-state index in [1.54, 1.807) is 6.92 Å².